The molecule has 3 heteroatoms. The van der Waals surface area contributed by atoms with Crippen LogP contribution in [0.1, 0.15) is 12.8 Å². The molecule has 1 aromatic carbocycles. The Kier molecular flexibility index (Phi) is 2.92. The molecule has 88 valence electrons. The Labute approximate surface area is 101 Å². The highest BCUT2D eigenvalue weighted by molar-refractivity contribution is 5.79. The largest absolute Gasteiger partial charge is 0.489 e. The quantitative estimate of drug-likeness (QED) is 0.856. The Morgan fingerprint density at radius 1 is 1.29 bits per heavy atom. The van der Waals surface area contributed by atoms with Gasteiger partial charge in [-0.05, 0) is 43.7 Å². The third kappa shape index (κ3) is 2.39. The summed E-state index contributed by atoms with van der Waals surface area (Å²) in [7, 11) is 0. The van der Waals surface area contributed by atoms with E-state index in [0.717, 1.165) is 36.2 Å². The fourth-order valence-electron chi connectivity index (χ4n) is 2.24. The average molecular weight is 228 g/mol. The molecular weight excluding hydrogens is 212 g/mol. The van der Waals surface area contributed by atoms with Gasteiger partial charge in [0.1, 0.15) is 11.9 Å². The molecule has 2 heterocycles. The van der Waals surface area contributed by atoms with Gasteiger partial charge in [-0.2, -0.15) is 0 Å². The van der Waals surface area contributed by atoms with Gasteiger partial charge in [0.15, 0.2) is 0 Å². The van der Waals surface area contributed by atoms with Crippen LogP contribution >= 0.6 is 0 Å². The second kappa shape index (κ2) is 4.72. The molecule has 1 N–H and O–H groups in total. The number of nitrogens with one attached hydrogen (secondary N) is 1. The van der Waals surface area contributed by atoms with E-state index in [1.54, 1.807) is 0 Å². The normalized spacial score (nSPS) is 20.4. The molecule has 0 spiro atoms. The third-order valence-electron chi connectivity index (χ3n) is 3.13. The first-order valence-electron chi connectivity index (χ1n) is 6.14. The Morgan fingerprint density at radius 3 is 3.18 bits per heavy atom. The molecule has 17 heavy (non-hydrogen) atoms. The molecule has 0 radical (unpaired) electrons. The minimum Gasteiger partial charge on any atom is -0.489 e. The number of rotatable bonds is 2. The maximum absolute atomic E-state index is 5.97. The number of nitrogens with zero attached hydrogens (tertiary/aromatic N) is 1. The lowest BCUT2D eigenvalue weighted by Crippen LogP contribution is -2.37. The molecule has 0 bridgehead atoms. The van der Waals surface area contributed by atoms with E-state index in [4.69, 9.17) is 4.74 Å². The van der Waals surface area contributed by atoms with Crippen LogP contribution in [-0.4, -0.2) is 24.2 Å². The minimum atomic E-state index is 0.304. The van der Waals surface area contributed by atoms with Crippen LogP contribution in [0.3, 0.4) is 0 Å². The maximum atomic E-state index is 5.97. The molecular formula is C14H16N2O. The van der Waals surface area contributed by atoms with E-state index in [9.17, 15) is 0 Å². The Morgan fingerprint density at radius 2 is 2.29 bits per heavy atom. The van der Waals surface area contributed by atoms with E-state index in [0.29, 0.717) is 6.10 Å². The van der Waals surface area contributed by atoms with Crippen molar-refractivity contribution in [2.75, 3.05) is 13.1 Å². The molecule has 0 aliphatic carbocycles. The molecule has 1 aliphatic rings. The topological polar surface area (TPSA) is 34.1 Å². The summed E-state index contributed by atoms with van der Waals surface area (Å²) in [5, 5.41) is 4.49. The summed E-state index contributed by atoms with van der Waals surface area (Å²) in [6.07, 6.45) is 4.45. The highest BCUT2D eigenvalue weighted by atomic mass is 16.5. The van der Waals surface area contributed by atoms with Crippen molar-refractivity contribution in [3.05, 3.63) is 36.5 Å². The van der Waals surface area contributed by atoms with Gasteiger partial charge in [0.25, 0.3) is 0 Å². The standard InChI is InChI=1S/C14H16N2O/c1-3-11-9-12(5-6-14(11)16-8-1)17-13-4-2-7-15-10-13/h1,3,5-6,8-9,13,15H,2,4,7,10H2. The number of aromatic nitrogens is 1. The number of hydrogen-bond donors (Lipinski definition) is 1. The Balaban J connectivity index is 1.80. The van der Waals surface area contributed by atoms with Crippen molar-refractivity contribution in [2.45, 2.75) is 18.9 Å². The number of fused-ring (bicyclic) bond motifs is 1. The van der Waals surface area contributed by atoms with Crippen molar-refractivity contribution in [1.29, 1.82) is 0 Å². The zero-order valence-electron chi connectivity index (χ0n) is 9.73. The average Bonchev–Trinajstić information content (AvgIpc) is 2.40. The summed E-state index contributed by atoms with van der Waals surface area (Å²) >= 11 is 0. The highest BCUT2D eigenvalue weighted by Gasteiger charge is 2.14. The van der Waals surface area contributed by atoms with E-state index in [-0.39, 0.29) is 0 Å². The SMILES string of the molecule is c1cnc2ccc(OC3CCCNC3)cc2c1. The molecule has 1 unspecified atom stereocenters. The van der Waals surface area contributed by atoms with Crippen molar-refractivity contribution in [3.63, 3.8) is 0 Å². The number of benzene rings is 1. The Hall–Kier alpha value is -1.61. The van der Waals surface area contributed by atoms with Gasteiger partial charge in [0, 0.05) is 18.1 Å². The van der Waals surface area contributed by atoms with Crippen molar-refractivity contribution in [1.82, 2.24) is 10.3 Å². The van der Waals surface area contributed by atoms with Crippen LogP contribution in [0, 0.1) is 0 Å². The number of ether oxygens (including phenoxy) is 1. The highest BCUT2D eigenvalue weighted by Crippen LogP contribution is 2.21. The number of piperidine rings is 1. The summed E-state index contributed by atoms with van der Waals surface area (Å²) in [6.45, 7) is 2.06. The van der Waals surface area contributed by atoms with Gasteiger partial charge in [0.05, 0.1) is 5.52 Å². The molecule has 2 aromatic rings. The van der Waals surface area contributed by atoms with Crippen LogP contribution in [0.5, 0.6) is 5.75 Å². The first kappa shape index (κ1) is 10.5. The van der Waals surface area contributed by atoms with Crippen LogP contribution in [0.15, 0.2) is 36.5 Å². The molecule has 1 saturated heterocycles. The minimum absolute atomic E-state index is 0.304. The second-order valence-electron chi connectivity index (χ2n) is 4.44. The van der Waals surface area contributed by atoms with Gasteiger partial charge >= 0.3 is 0 Å². The lowest BCUT2D eigenvalue weighted by molar-refractivity contribution is 0.167. The molecule has 0 amide bonds. The predicted octanol–water partition coefficient (Wildman–Crippen LogP) is 2.37. The zero-order valence-corrected chi connectivity index (χ0v) is 9.73. The van der Waals surface area contributed by atoms with Gasteiger partial charge in [-0.1, -0.05) is 6.07 Å². The molecule has 1 fully saturated rings. The monoisotopic (exact) mass is 228 g/mol. The third-order valence-corrected chi connectivity index (χ3v) is 3.13. The van der Waals surface area contributed by atoms with Crippen molar-refractivity contribution in [2.24, 2.45) is 0 Å². The van der Waals surface area contributed by atoms with Crippen LogP contribution in [0.4, 0.5) is 0 Å². The van der Waals surface area contributed by atoms with Crippen molar-refractivity contribution in [3.8, 4) is 5.75 Å². The van der Waals surface area contributed by atoms with E-state index in [1.807, 2.05) is 24.4 Å². The summed E-state index contributed by atoms with van der Waals surface area (Å²) < 4.78 is 5.97. The van der Waals surface area contributed by atoms with Crippen LogP contribution in [0.25, 0.3) is 10.9 Å². The molecule has 1 atom stereocenters. The van der Waals surface area contributed by atoms with Gasteiger partial charge in [-0.15, -0.1) is 0 Å². The van der Waals surface area contributed by atoms with E-state index >= 15 is 0 Å². The molecule has 3 rings (SSSR count). The summed E-state index contributed by atoms with van der Waals surface area (Å²) in [4.78, 5) is 4.30. The summed E-state index contributed by atoms with van der Waals surface area (Å²) in [5.74, 6) is 0.944. The van der Waals surface area contributed by atoms with E-state index in [1.165, 1.54) is 6.42 Å². The van der Waals surface area contributed by atoms with Crippen LogP contribution in [0.2, 0.25) is 0 Å². The maximum Gasteiger partial charge on any atom is 0.120 e. The van der Waals surface area contributed by atoms with Gasteiger partial charge in [0.2, 0.25) is 0 Å². The van der Waals surface area contributed by atoms with E-state index < -0.39 is 0 Å². The Bertz CT molecular complexity index is 506. The second-order valence-corrected chi connectivity index (χ2v) is 4.44. The number of pyridine rings is 1. The fourth-order valence-corrected chi connectivity index (χ4v) is 2.24. The predicted molar refractivity (Wildman–Crippen MR) is 68.3 cm³/mol. The lowest BCUT2D eigenvalue weighted by atomic mass is 10.1. The number of hydrogen-bond acceptors (Lipinski definition) is 3. The first-order chi connectivity index (χ1) is 8.42. The van der Waals surface area contributed by atoms with Gasteiger partial charge in [-0.3, -0.25) is 4.98 Å². The zero-order chi connectivity index (χ0) is 11.5. The van der Waals surface area contributed by atoms with Gasteiger partial charge in [-0.25, -0.2) is 0 Å². The molecule has 0 saturated carbocycles. The van der Waals surface area contributed by atoms with Crippen LogP contribution in [-0.2, 0) is 0 Å². The van der Waals surface area contributed by atoms with Crippen molar-refractivity contribution >= 4 is 10.9 Å². The smallest absolute Gasteiger partial charge is 0.120 e. The van der Waals surface area contributed by atoms with Crippen LogP contribution < -0.4 is 10.1 Å². The molecule has 3 nitrogen and oxygen atoms in total. The summed E-state index contributed by atoms with van der Waals surface area (Å²) in [5.41, 5.74) is 1.02. The van der Waals surface area contributed by atoms with Crippen molar-refractivity contribution < 1.29 is 4.74 Å². The molecule has 1 aromatic heterocycles. The first-order valence-corrected chi connectivity index (χ1v) is 6.14. The summed E-state index contributed by atoms with van der Waals surface area (Å²) in [6, 6.07) is 10.1. The molecule has 1 aliphatic heterocycles. The lowest BCUT2D eigenvalue weighted by Gasteiger charge is -2.24. The van der Waals surface area contributed by atoms with E-state index in [2.05, 4.69) is 22.4 Å². The van der Waals surface area contributed by atoms with Gasteiger partial charge < -0.3 is 10.1 Å². The fraction of sp³-hybridized carbons (Fsp3) is 0.357.